The second-order valence-electron chi connectivity index (χ2n) is 2.88. The lowest BCUT2D eigenvalue weighted by Crippen LogP contribution is -2.09. The Hall–Kier alpha value is -0.600. The lowest BCUT2D eigenvalue weighted by Gasteiger charge is -1.91. The Balaban J connectivity index is 2.63. The molecule has 1 aromatic heterocycles. The molecular formula is C10H15NS. The van der Waals surface area contributed by atoms with Crippen molar-refractivity contribution in [3.8, 4) is 0 Å². The predicted molar refractivity (Wildman–Crippen MR) is 56.4 cm³/mol. The molecule has 1 nitrogen and oxygen atoms in total. The van der Waals surface area contributed by atoms with Crippen LogP contribution in [0.25, 0.3) is 6.08 Å². The second-order valence-corrected chi connectivity index (χ2v) is 4.08. The molecule has 2 heteroatoms. The summed E-state index contributed by atoms with van der Waals surface area (Å²) in [6.07, 6.45) is 5.23. The predicted octanol–water partition coefficient (Wildman–Crippen LogP) is 2.67. The van der Waals surface area contributed by atoms with Gasteiger partial charge in [-0.15, -0.1) is 11.3 Å². The van der Waals surface area contributed by atoms with Gasteiger partial charge in [-0.2, -0.15) is 0 Å². The van der Waals surface area contributed by atoms with E-state index in [0.29, 0.717) is 0 Å². The van der Waals surface area contributed by atoms with E-state index in [2.05, 4.69) is 25.1 Å². The van der Waals surface area contributed by atoms with Crippen LogP contribution in [-0.4, -0.2) is 6.04 Å². The molecule has 66 valence electrons. The van der Waals surface area contributed by atoms with Crippen LogP contribution in [0.4, 0.5) is 0 Å². The van der Waals surface area contributed by atoms with Crippen LogP contribution in [0.5, 0.6) is 0 Å². The summed E-state index contributed by atoms with van der Waals surface area (Å²) in [5.74, 6) is 0. The van der Waals surface area contributed by atoms with Crippen LogP contribution in [0.2, 0.25) is 0 Å². The number of thiophene rings is 1. The first-order valence-electron chi connectivity index (χ1n) is 4.25. The maximum Gasteiger partial charge on any atom is 0.0270 e. The maximum absolute atomic E-state index is 5.60. The Morgan fingerprint density at radius 1 is 1.58 bits per heavy atom. The highest BCUT2D eigenvalue weighted by molar-refractivity contribution is 7.12. The molecule has 1 rings (SSSR count). The van der Waals surface area contributed by atoms with Gasteiger partial charge < -0.3 is 5.73 Å². The van der Waals surface area contributed by atoms with Gasteiger partial charge in [-0.1, -0.05) is 13.0 Å². The van der Waals surface area contributed by atoms with E-state index in [9.17, 15) is 0 Å². The van der Waals surface area contributed by atoms with Crippen molar-refractivity contribution in [2.75, 3.05) is 0 Å². The quantitative estimate of drug-likeness (QED) is 0.762. The SMILES string of the molecule is CCc1ccc(/C=C/C(C)N)s1. The van der Waals surface area contributed by atoms with E-state index in [1.54, 1.807) is 0 Å². The summed E-state index contributed by atoms with van der Waals surface area (Å²) in [5.41, 5.74) is 5.60. The Kier molecular flexibility index (Phi) is 3.50. The average molecular weight is 181 g/mol. The fourth-order valence-electron chi connectivity index (χ4n) is 0.921. The first kappa shape index (κ1) is 9.49. The molecule has 0 amide bonds. The Morgan fingerprint density at radius 3 is 2.83 bits per heavy atom. The van der Waals surface area contributed by atoms with Gasteiger partial charge in [-0.3, -0.25) is 0 Å². The summed E-state index contributed by atoms with van der Waals surface area (Å²) >= 11 is 1.83. The van der Waals surface area contributed by atoms with Gasteiger partial charge in [0.05, 0.1) is 0 Å². The third-order valence-corrected chi connectivity index (χ3v) is 2.79. The molecule has 1 heterocycles. The molecule has 1 aromatic rings. The van der Waals surface area contributed by atoms with Gasteiger partial charge in [0.2, 0.25) is 0 Å². The molecule has 0 spiro atoms. The molecule has 0 saturated carbocycles. The minimum atomic E-state index is 0.150. The lowest BCUT2D eigenvalue weighted by molar-refractivity contribution is 0.931. The van der Waals surface area contributed by atoms with Gasteiger partial charge in [0.15, 0.2) is 0 Å². The third kappa shape index (κ3) is 2.80. The fraction of sp³-hybridized carbons (Fsp3) is 0.400. The largest absolute Gasteiger partial charge is 0.325 e. The zero-order chi connectivity index (χ0) is 8.97. The zero-order valence-electron chi connectivity index (χ0n) is 7.58. The van der Waals surface area contributed by atoms with Crippen molar-refractivity contribution in [1.29, 1.82) is 0 Å². The third-order valence-electron chi connectivity index (χ3n) is 1.59. The Bertz CT molecular complexity index is 261. The molecule has 0 bridgehead atoms. The molecule has 1 atom stereocenters. The Labute approximate surface area is 77.9 Å². The number of nitrogens with two attached hydrogens (primary N) is 1. The van der Waals surface area contributed by atoms with Crippen LogP contribution in [0.1, 0.15) is 23.6 Å². The number of rotatable bonds is 3. The van der Waals surface area contributed by atoms with Crippen LogP contribution >= 0.6 is 11.3 Å². The zero-order valence-corrected chi connectivity index (χ0v) is 8.40. The first-order valence-corrected chi connectivity index (χ1v) is 5.06. The highest BCUT2D eigenvalue weighted by Gasteiger charge is 1.93. The van der Waals surface area contributed by atoms with Crippen molar-refractivity contribution >= 4 is 17.4 Å². The Morgan fingerprint density at radius 2 is 2.33 bits per heavy atom. The van der Waals surface area contributed by atoms with Crippen molar-refractivity contribution < 1.29 is 0 Å². The molecule has 12 heavy (non-hydrogen) atoms. The molecule has 0 aromatic carbocycles. The van der Waals surface area contributed by atoms with E-state index in [4.69, 9.17) is 5.73 Å². The number of aryl methyl sites for hydroxylation is 1. The summed E-state index contributed by atoms with van der Waals surface area (Å²) in [6.45, 7) is 4.15. The number of hydrogen-bond donors (Lipinski definition) is 1. The lowest BCUT2D eigenvalue weighted by atomic mass is 10.3. The van der Waals surface area contributed by atoms with Crippen molar-refractivity contribution in [2.45, 2.75) is 26.3 Å². The van der Waals surface area contributed by atoms with Crippen molar-refractivity contribution in [3.05, 3.63) is 28.0 Å². The summed E-state index contributed by atoms with van der Waals surface area (Å²) < 4.78 is 0. The monoisotopic (exact) mass is 181 g/mol. The summed E-state index contributed by atoms with van der Waals surface area (Å²) in [6, 6.07) is 4.46. The fourth-order valence-corrected chi connectivity index (χ4v) is 1.79. The van der Waals surface area contributed by atoms with E-state index < -0.39 is 0 Å². The van der Waals surface area contributed by atoms with Gasteiger partial charge in [0.1, 0.15) is 0 Å². The maximum atomic E-state index is 5.60. The average Bonchev–Trinajstić information content (AvgIpc) is 2.48. The van der Waals surface area contributed by atoms with Crippen molar-refractivity contribution in [3.63, 3.8) is 0 Å². The van der Waals surface area contributed by atoms with E-state index in [1.165, 1.54) is 9.75 Å². The molecule has 0 saturated heterocycles. The van der Waals surface area contributed by atoms with Crippen LogP contribution in [0.15, 0.2) is 18.2 Å². The first-order chi connectivity index (χ1) is 5.72. The van der Waals surface area contributed by atoms with Gasteiger partial charge in [0, 0.05) is 15.8 Å². The molecule has 1 unspecified atom stereocenters. The normalized spacial score (nSPS) is 13.9. The van der Waals surface area contributed by atoms with Crippen LogP contribution in [0.3, 0.4) is 0 Å². The molecular weight excluding hydrogens is 166 g/mol. The summed E-state index contributed by atoms with van der Waals surface area (Å²) in [4.78, 5) is 2.73. The van der Waals surface area contributed by atoms with Gasteiger partial charge in [0.25, 0.3) is 0 Å². The van der Waals surface area contributed by atoms with Gasteiger partial charge in [-0.25, -0.2) is 0 Å². The molecule has 0 aliphatic rings. The standard InChI is InChI=1S/C10H15NS/c1-3-9-6-7-10(12-9)5-4-8(2)11/h4-8H,3,11H2,1-2H3/b5-4+. The highest BCUT2D eigenvalue weighted by Crippen LogP contribution is 2.18. The molecule has 0 fully saturated rings. The molecule has 0 aliphatic heterocycles. The second kappa shape index (κ2) is 4.43. The molecule has 0 aliphatic carbocycles. The van der Waals surface area contributed by atoms with Gasteiger partial charge >= 0.3 is 0 Å². The van der Waals surface area contributed by atoms with E-state index >= 15 is 0 Å². The summed E-state index contributed by atoms with van der Waals surface area (Å²) in [5, 5.41) is 0. The smallest absolute Gasteiger partial charge is 0.0270 e. The van der Waals surface area contributed by atoms with E-state index in [1.807, 2.05) is 24.3 Å². The van der Waals surface area contributed by atoms with Crippen molar-refractivity contribution in [1.82, 2.24) is 0 Å². The summed E-state index contributed by atoms with van der Waals surface area (Å²) in [7, 11) is 0. The van der Waals surface area contributed by atoms with Crippen molar-refractivity contribution in [2.24, 2.45) is 5.73 Å². The molecule has 0 radical (unpaired) electrons. The molecule has 2 N–H and O–H groups in total. The topological polar surface area (TPSA) is 26.0 Å². The van der Waals surface area contributed by atoms with Gasteiger partial charge in [-0.05, 0) is 31.6 Å². The minimum Gasteiger partial charge on any atom is -0.325 e. The van der Waals surface area contributed by atoms with Crippen LogP contribution in [-0.2, 0) is 6.42 Å². The van der Waals surface area contributed by atoms with E-state index in [-0.39, 0.29) is 6.04 Å². The highest BCUT2D eigenvalue weighted by atomic mass is 32.1. The minimum absolute atomic E-state index is 0.150. The number of hydrogen-bond acceptors (Lipinski definition) is 2. The van der Waals surface area contributed by atoms with Crippen LogP contribution in [0, 0.1) is 0 Å². The van der Waals surface area contributed by atoms with Crippen LogP contribution < -0.4 is 5.73 Å². The van der Waals surface area contributed by atoms with E-state index in [0.717, 1.165) is 6.42 Å².